The number of nitrogens with zero attached hydrogens (tertiary/aromatic N) is 4. The normalized spacial score (nSPS) is 10.2. The predicted molar refractivity (Wildman–Crippen MR) is 182 cm³/mol. The Hall–Kier alpha value is -6.54. The second kappa shape index (κ2) is 16.0. The van der Waals surface area contributed by atoms with Crippen molar-refractivity contribution in [2.45, 2.75) is 5.92 Å². The lowest BCUT2D eigenvalue weighted by molar-refractivity contribution is 0.445. The Morgan fingerprint density at radius 1 is 0.362 bits per heavy atom. The third kappa shape index (κ3) is 8.77. The van der Waals surface area contributed by atoms with E-state index in [-0.39, 0.29) is 23.0 Å². The summed E-state index contributed by atoms with van der Waals surface area (Å²) < 4.78 is 0. The second-order valence-corrected chi connectivity index (χ2v) is 10.3. The quantitative estimate of drug-likeness (QED) is 0.142. The van der Waals surface area contributed by atoms with Crippen LogP contribution in [0.5, 0.6) is 23.0 Å². The molecule has 0 atom stereocenters. The Labute approximate surface area is 272 Å². The van der Waals surface area contributed by atoms with Gasteiger partial charge >= 0.3 is 0 Å². The van der Waals surface area contributed by atoms with Crippen molar-refractivity contribution in [3.05, 3.63) is 182 Å². The van der Waals surface area contributed by atoms with Crippen LogP contribution in [0.4, 0.5) is 0 Å². The topological polar surface area (TPSA) is 132 Å². The van der Waals surface area contributed by atoms with Gasteiger partial charge in [0.05, 0.1) is 0 Å². The molecule has 8 heteroatoms. The highest BCUT2D eigenvalue weighted by molar-refractivity contribution is 5.62. The van der Waals surface area contributed by atoms with Crippen LogP contribution in [-0.2, 0) is 0 Å². The largest absolute Gasteiger partial charge is 0.508 e. The third-order valence-electron chi connectivity index (χ3n) is 7.14. The van der Waals surface area contributed by atoms with Crippen LogP contribution in [0.2, 0.25) is 0 Å². The molecule has 4 N–H and O–H groups in total. The molecule has 0 saturated heterocycles. The number of aromatic hydroxyl groups is 4. The van der Waals surface area contributed by atoms with Crippen molar-refractivity contribution in [1.29, 1.82) is 0 Å². The van der Waals surface area contributed by atoms with Crippen LogP contribution in [0.1, 0.15) is 22.6 Å². The molecular formula is C39H32N4O4. The lowest BCUT2D eigenvalue weighted by Gasteiger charge is -2.21. The first-order chi connectivity index (χ1) is 23.0. The number of phenols is 4. The molecule has 4 heterocycles. The van der Waals surface area contributed by atoms with Crippen LogP contribution in [0, 0.1) is 0 Å². The minimum atomic E-state index is -0.532. The van der Waals surface area contributed by atoms with Gasteiger partial charge in [-0.25, -0.2) is 0 Å². The summed E-state index contributed by atoms with van der Waals surface area (Å²) >= 11 is 0. The van der Waals surface area contributed by atoms with Gasteiger partial charge in [0.25, 0.3) is 0 Å². The SMILES string of the molecule is Oc1cc(O)cc(C(c2ccccc2O)c2ccccc2O)c1.c1cc(-c2ccncc2)ccn1.c1cc(-c2ccncc2)ccn1. The summed E-state index contributed by atoms with van der Waals surface area (Å²) in [6.07, 6.45) is 14.3. The van der Waals surface area contributed by atoms with Crippen molar-refractivity contribution in [3.8, 4) is 45.3 Å². The van der Waals surface area contributed by atoms with E-state index in [1.165, 1.54) is 40.5 Å². The number of benzene rings is 3. The number of pyridine rings is 4. The Kier molecular flexibility index (Phi) is 10.8. The first-order valence-corrected chi connectivity index (χ1v) is 14.7. The molecule has 7 aromatic rings. The fraction of sp³-hybridized carbons (Fsp3) is 0.0256. The Bertz CT molecular complexity index is 1760. The minimum absolute atomic E-state index is 0.0728. The van der Waals surface area contributed by atoms with E-state index in [1.807, 2.05) is 48.5 Å². The van der Waals surface area contributed by atoms with E-state index in [9.17, 15) is 20.4 Å². The predicted octanol–water partition coefficient (Wildman–Crippen LogP) is 7.98. The van der Waals surface area contributed by atoms with Crippen molar-refractivity contribution in [1.82, 2.24) is 19.9 Å². The number of hydrogen-bond acceptors (Lipinski definition) is 8. The van der Waals surface area contributed by atoms with E-state index in [4.69, 9.17) is 0 Å². The maximum absolute atomic E-state index is 10.2. The van der Waals surface area contributed by atoms with Crippen molar-refractivity contribution in [3.63, 3.8) is 0 Å². The van der Waals surface area contributed by atoms with Crippen molar-refractivity contribution >= 4 is 0 Å². The zero-order chi connectivity index (χ0) is 32.8. The monoisotopic (exact) mass is 620 g/mol. The summed E-state index contributed by atoms with van der Waals surface area (Å²) in [4.78, 5) is 15.8. The van der Waals surface area contributed by atoms with E-state index < -0.39 is 5.92 Å². The van der Waals surface area contributed by atoms with Gasteiger partial charge in [0, 0.05) is 72.7 Å². The maximum Gasteiger partial charge on any atom is 0.119 e. The van der Waals surface area contributed by atoms with Crippen molar-refractivity contribution < 1.29 is 20.4 Å². The van der Waals surface area contributed by atoms with Crippen LogP contribution < -0.4 is 0 Å². The summed E-state index contributed by atoms with van der Waals surface area (Å²) in [5.74, 6) is -0.561. The highest BCUT2D eigenvalue weighted by Crippen LogP contribution is 2.41. The van der Waals surface area contributed by atoms with Gasteiger partial charge in [-0.2, -0.15) is 0 Å². The lowest BCUT2D eigenvalue weighted by Crippen LogP contribution is -2.04. The summed E-state index contributed by atoms with van der Waals surface area (Å²) in [7, 11) is 0. The van der Waals surface area contributed by atoms with Crippen LogP contribution in [0.15, 0.2) is 165 Å². The molecule has 232 valence electrons. The van der Waals surface area contributed by atoms with E-state index in [0.717, 1.165) is 0 Å². The molecule has 47 heavy (non-hydrogen) atoms. The van der Waals surface area contributed by atoms with Gasteiger partial charge in [-0.15, -0.1) is 0 Å². The van der Waals surface area contributed by atoms with E-state index >= 15 is 0 Å². The number of aromatic nitrogens is 4. The standard InChI is InChI=1S/C19H16O4.2C10H8N2/c20-13-9-12(10-14(21)11-13)19(15-5-1-3-7-17(15)22)16-6-2-4-8-18(16)23;2*1-5-11-6-2-9(1)10-3-7-12-8-4-10/h1-11,19-23H;2*1-8H. The summed E-state index contributed by atoms with van der Waals surface area (Å²) in [6, 6.07) is 33.7. The molecule has 0 unspecified atom stereocenters. The van der Waals surface area contributed by atoms with Gasteiger partial charge in [-0.3, -0.25) is 19.9 Å². The fourth-order valence-electron chi connectivity index (χ4n) is 4.95. The molecule has 0 bridgehead atoms. The van der Waals surface area contributed by atoms with Crippen LogP contribution in [-0.4, -0.2) is 40.4 Å². The molecule has 0 saturated carbocycles. The van der Waals surface area contributed by atoms with E-state index in [0.29, 0.717) is 16.7 Å². The number of phenolic OH excluding ortho intramolecular Hbond substituents is 4. The molecule has 0 amide bonds. The molecule has 7 rings (SSSR count). The van der Waals surface area contributed by atoms with Crippen LogP contribution >= 0.6 is 0 Å². The fourth-order valence-corrected chi connectivity index (χ4v) is 4.95. The Morgan fingerprint density at radius 3 is 0.957 bits per heavy atom. The first-order valence-electron chi connectivity index (χ1n) is 14.7. The van der Waals surface area contributed by atoms with Crippen molar-refractivity contribution in [2.24, 2.45) is 0 Å². The molecule has 0 aliphatic carbocycles. The minimum Gasteiger partial charge on any atom is -0.508 e. The Balaban J connectivity index is 0.000000152. The second-order valence-electron chi connectivity index (χ2n) is 10.3. The molecule has 0 aliphatic rings. The lowest BCUT2D eigenvalue weighted by atomic mass is 9.84. The van der Waals surface area contributed by atoms with Crippen LogP contribution in [0.25, 0.3) is 22.3 Å². The zero-order valence-electron chi connectivity index (χ0n) is 25.2. The highest BCUT2D eigenvalue weighted by Gasteiger charge is 2.23. The summed E-state index contributed by atoms with van der Waals surface area (Å²) in [5, 5.41) is 40.0. The molecule has 4 aromatic heterocycles. The highest BCUT2D eigenvalue weighted by atomic mass is 16.3. The van der Waals surface area contributed by atoms with Gasteiger partial charge in [0.15, 0.2) is 0 Å². The van der Waals surface area contributed by atoms with Gasteiger partial charge in [-0.1, -0.05) is 36.4 Å². The molecule has 3 aromatic carbocycles. The zero-order valence-corrected chi connectivity index (χ0v) is 25.2. The third-order valence-corrected chi connectivity index (χ3v) is 7.14. The van der Waals surface area contributed by atoms with Gasteiger partial charge in [-0.05, 0) is 101 Å². The molecule has 0 radical (unpaired) electrons. The maximum atomic E-state index is 10.2. The van der Waals surface area contributed by atoms with E-state index in [1.54, 1.807) is 98.1 Å². The van der Waals surface area contributed by atoms with E-state index in [2.05, 4.69) is 19.9 Å². The van der Waals surface area contributed by atoms with Crippen LogP contribution in [0.3, 0.4) is 0 Å². The van der Waals surface area contributed by atoms with Gasteiger partial charge < -0.3 is 20.4 Å². The number of rotatable bonds is 5. The average molecular weight is 621 g/mol. The van der Waals surface area contributed by atoms with Crippen molar-refractivity contribution in [2.75, 3.05) is 0 Å². The summed E-state index contributed by atoms with van der Waals surface area (Å²) in [6.45, 7) is 0. The number of hydrogen-bond donors (Lipinski definition) is 4. The number of para-hydroxylation sites is 2. The first kappa shape index (κ1) is 31.9. The van der Waals surface area contributed by atoms with Gasteiger partial charge in [0.1, 0.15) is 23.0 Å². The summed E-state index contributed by atoms with van der Waals surface area (Å²) in [5.41, 5.74) is 6.39. The molecule has 8 nitrogen and oxygen atoms in total. The molecule has 0 fully saturated rings. The average Bonchev–Trinajstić information content (AvgIpc) is 3.12. The molecule has 0 spiro atoms. The molecular weight excluding hydrogens is 588 g/mol. The smallest absolute Gasteiger partial charge is 0.119 e. The molecule has 0 aliphatic heterocycles. The van der Waals surface area contributed by atoms with Gasteiger partial charge in [0.2, 0.25) is 0 Å². The Morgan fingerprint density at radius 2 is 0.660 bits per heavy atom.